The maximum Gasteiger partial charge on any atom is 0.0201 e. The first-order chi connectivity index (χ1) is 8.20. The Bertz CT molecular complexity index is 234. The minimum absolute atomic E-state index is 0.750. The zero-order chi connectivity index (χ0) is 12.3. The molecular formula is C14H28N2S. The molecule has 4 atom stereocenters. The molecule has 1 aliphatic heterocycles. The van der Waals surface area contributed by atoms with Crippen LogP contribution in [0.4, 0.5) is 0 Å². The Morgan fingerprint density at radius 2 is 2.12 bits per heavy atom. The first-order valence-corrected chi connectivity index (χ1v) is 8.33. The lowest BCUT2D eigenvalue weighted by atomic mass is 9.98. The van der Waals surface area contributed by atoms with Gasteiger partial charge in [-0.25, -0.2) is 0 Å². The molecule has 0 spiro atoms. The van der Waals surface area contributed by atoms with Crippen LogP contribution in [-0.4, -0.2) is 47.6 Å². The SMILES string of the molecule is CCSC1CCCC1NC1CCN(C)C(C)C1. The lowest BCUT2D eigenvalue weighted by Crippen LogP contribution is -2.49. The van der Waals surface area contributed by atoms with E-state index in [9.17, 15) is 0 Å². The summed E-state index contributed by atoms with van der Waals surface area (Å²) >= 11 is 2.16. The molecule has 1 heterocycles. The highest BCUT2D eigenvalue weighted by molar-refractivity contribution is 7.99. The van der Waals surface area contributed by atoms with Gasteiger partial charge in [-0.05, 0) is 52.0 Å². The normalized spacial score (nSPS) is 39.7. The zero-order valence-electron chi connectivity index (χ0n) is 11.6. The standard InChI is InChI=1S/C14H28N2S/c1-4-17-14-7-5-6-13(14)15-12-8-9-16(3)11(2)10-12/h11-15H,4-10H2,1-3H3. The molecule has 0 bridgehead atoms. The Kier molecular flexibility index (Phi) is 5.19. The molecule has 100 valence electrons. The Morgan fingerprint density at radius 1 is 1.29 bits per heavy atom. The summed E-state index contributed by atoms with van der Waals surface area (Å²) in [5, 5.41) is 4.84. The van der Waals surface area contributed by atoms with Gasteiger partial charge in [-0.3, -0.25) is 0 Å². The molecule has 0 aromatic carbocycles. The Balaban J connectivity index is 1.80. The summed E-state index contributed by atoms with van der Waals surface area (Å²) in [6.45, 7) is 5.91. The van der Waals surface area contributed by atoms with Crippen LogP contribution in [0, 0.1) is 0 Å². The van der Waals surface area contributed by atoms with E-state index in [0.717, 1.165) is 23.4 Å². The summed E-state index contributed by atoms with van der Waals surface area (Å²) in [7, 11) is 2.26. The largest absolute Gasteiger partial charge is 0.310 e. The van der Waals surface area contributed by atoms with Crippen LogP contribution in [0.1, 0.15) is 46.0 Å². The van der Waals surface area contributed by atoms with Crippen LogP contribution in [-0.2, 0) is 0 Å². The predicted octanol–water partition coefficient (Wildman–Crippen LogP) is 2.73. The minimum atomic E-state index is 0.750. The van der Waals surface area contributed by atoms with Crippen molar-refractivity contribution in [3.63, 3.8) is 0 Å². The number of hydrogen-bond acceptors (Lipinski definition) is 3. The number of rotatable bonds is 4. The second kappa shape index (κ2) is 6.44. The van der Waals surface area contributed by atoms with Crippen molar-refractivity contribution >= 4 is 11.8 Å². The molecule has 4 unspecified atom stereocenters. The van der Waals surface area contributed by atoms with E-state index >= 15 is 0 Å². The van der Waals surface area contributed by atoms with E-state index in [1.807, 2.05) is 0 Å². The molecule has 2 nitrogen and oxygen atoms in total. The van der Waals surface area contributed by atoms with Gasteiger partial charge in [0.1, 0.15) is 0 Å². The Hall–Kier alpha value is 0.270. The lowest BCUT2D eigenvalue weighted by molar-refractivity contribution is 0.163. The molecule has 0 radical (unpaired) electrons. The first-order valence-electron chi connectivity index (χ1n) is 7.28. The molecule has 3 heteroatoms. The van der Waals surface area contributed by atoms with Crippen LogP contribution in [0.5, 0.6) is 0 Å². The second-order valence-corrected chi connectivity index (χ2v) is 7.26. The van der Waals surface area contributed by atoms with E-state index < -0.39 is 0 Å². The highest BCUT2D eigenvalue weighted by atomic mass is 32.2. The Morgan fingerprint density at radius 3 is 2.82 bits per heavy atom. The van der Waals surface area contributed by atoms with Crippen LogP contribution >= 0.6 is 11.8 Å². The molecule has 0 aromatic rings. The first kappa shape index (κ1) is 13.7. The minimum Gasteiger partial charge on any atom is -0.310 e. The smallest absolute Gasteiger partial charge is 0.0201 e. The van der Waals surface area contributed by atoms with Crippen LogP contribution in [0.25, 0.3) is 0 Å². The van der Waals surface area contributed by atoms with E-state index in [1.54, 1.807) is 0 Å². The average molecular weight is 256 g/mol. The van der Waals surface area contributed by atoms with Gasteiger partial charge in [-0.1, -0.05) is 13.3 Å². The van der Waals surface area contributed by atoms with Gasteiger partial charge >= 0.3 is 0 Å². The number of hydrogen-bond donors (Lipinski definition) is 1. The molecule has 2 aliphatic rings. The van der Waals surface area contributed by atoms with Gasteiger partial charge < -0.3 is 10.2 Å². The molecule has 2 fully saturated rings. The third-order valence-corrected chi connectivity index (χ3v) is 5.82. The van der Waals surface area contributed by atoms with Gasteiger partial charge in [-0.15, -0.1) is 0 Å². The van der Waals surface area contributed by atoms with Gasteiger partial charge in [0.05, 0.1) is 0 Å². The third-order valence-electron chi connectivity index (χ3n) is 4.49. The summed E-state index contributed by atoms with van der Waals surface area (Å²) in [5.74, 6) is 1.27. The summed E-state index contributed by atoms with van der Waals surface area (Å²) in [4.78, 5) is 2.49. The van der Waals surface area contributed by atoms with Gasteiger partial charge in [0.15, 0.2) is 0 Å². The van der Waals surface area contributed by atoms with Crippen molar-refractivity contribution in [3.8, 4) is 0 Å². The maximum absolute atomic E-state index is 3.96. The van der Waals surface area contributed by atoms with Crippen molar-refractivity contribution in [1.29, 1.82) is 0 Å². The van der Waals surface area contributed by atoms with E-state index in [1.165, 1.54) is 44.4 Å². The van der Waals surface area contributed by atoms with Crippen LogP contribution < -0.4 is 5.32 Å². The molecule has 2 rings (SSSR count). The summed E-state index contributed by atoms with van der Waals surface area (Å²) in [5.41, 5.74) is 0. The fourth-order valence-electron chi connectivity index (χ4n) is 3.27. The summed E-state index contributed by atoms with van der Waals surface area (Å²) in [6.07, 6.45) is 6.92. The summed E-state index contributed by atoms with van der Waals surface area (Å²) < 4.78 is 0. The van der Waals surface area contributed by atoms with E-state index in [2.05, 4.69) is 42.9 Å². The quantitative estimate of drug-likeness (QED) is 0.832. The van der Waals surface area contributed by atoms with Crippen molar-refractivity contribution in [3.05, 3.63) is 0 Å². The predicted molar refractivity (Wildman–Crippen MR) is 77.8 cm³/mol. The zero-order valence-corrected chi connectivity index (χ0v) is 12.4. The highest BCUT2D eigenvalue weighted by Gasteiger charge is 2.31. The van der Waals surface area contributed by atoms with Crippen molar-refractivity contribution in [2.75, 3.05) is 19.3 Å². The molecule has 17 heavy (non-hydrogen) atoms. The molecule has 0 amide bonds. The molecule has 1 N–H and O–H groups in total. The number of piperidine rings is 1. The molecule has 1 saturated carbocycles. The fraction of sp³-hybridized carbons (Fsp3) is 1.00. The Labute approximate surface area is 111 Å². The molecular weight excluding hydrogens is 228 g/mol. The molecule has 1 aliphatic carbocycles. The molecule has 0 aromatic heterocycles. The van der Waals surface area contributed by atoms with Gasteiger partial charge in [0.25, 0.3) is 0 Å². The average Bonchev–Trinajstić information content (AvgIpc) is 2.72. The highest BCUT2D eigenvalue weighted by Crippen LogP contribution is 2.31. The van der Waals surface area contributed by atoms with E-state index in [4.69, 9.17) is 0 Å². The van der Waals surface area contributed by atoms with E-state index in [-0.39, 0.29) is 0 Å². The number of nitrogens with zero attached hydrogens (tertiary/aromatic N) is 1. The topological polar surface area (TPSA) is 15.3 Å². The van der Waals surface area contributed by atoms with Crippen LogP contribution in [0.3, 0.4) is 0 Å². The van der Waals surface area contributed by atoms with Crippen LogP contribution in [0.2, 0.25) is 0 Å². The van der Waals surface area contributed by atoms with Gasteiger partial charge in [-0.2, -0.15) is 11.8 Å². The van der Waals surface area contributed by atoms with E-state index in [0.29, 0.717) is 0 Å². The number of nitrogens with one attached hydrogen (secondary N) is 1. The second-order valence-electron chi connectivity index (χ2n) is 5.75. The maximum atomic E-state index is 3.96. The van der Waals surface area contributed by atoms with Crippen molar-refractivity contribution in [2.45, 2.75) is 69.3 Å². The van der Waals surface area contributed by atoms with Gasteiger partial charge in [0, 0.05) is 23.4 Å². The molecule has 1 saturated heterocycles. The van der Waals surface area contributed by atoms with Crippen molar-refractivity contribution < 1.29 is 0 Å². The van der Waals surface area contributed by atoms with Crippen molar-refractivity contribution in [2.24, 2.45) is 0 Å². The lowest BCUT2D eigenvalue weighted by Gasteiger charge is -2.37. The number of thioether (sulfide) groups is 1. The van der Waals surface area contributed by atoms with Crippen LogP contribution in [0.15, 0.2) is 0 Å². The van der Waals surface area contributed by atoms with Gasteiger partial charge in [0.2, 0.25) is 0 Å². The fourth-order valence-corrected chi connectivity index (χ4v) is 4.48. The summed E-state index contributed by atoms with van der Waals surface area (Å²) in [6, 6.07) is 2.31. The monoisotopic (exact) mass is 256 g/mol. The number of likely N-dealkylation sites (tertiary alicyclic amines) is 1. The third kappa shape index (κ3) is 3.62. The van der Waals surface area contributed by atoms with Crippen molar-refractivity contribution in [1.82, 2.24) is 10.2 Å².